The Balaban J connectivity index is 3.05. The summed E-state index contributed by atoms with van der Waals surface area (Å²) in [5, 5.41) is 0.729. The molecule has 0 amide bonds. The first-order valence-corrected chi connectivity index (χ1v) is 4.69. The molecule has 1 heterocycles. The molecule has 0 aromatic carbocycles. The van der Waals surface area contributed by atoms with Crippen LogP contribution in [0.4, 0.5) is 5.82 Å². The zero-order valence-corrected chi connectivity index (χ0v) is 9.26. The number of aromatic nitrogens is 2. The van der Waals surface area contributed by atoms with Gasteiger partial charge in [0.25, 0.3) is 0 Å². The van der Waals surface area contributed by atoms with Crippen molar-refractivity contribution in [1.82, 2.24) is 9.97 Å². The lowest BCUT2D eigenvalue weighted by Gasteiger charge is -2.23. The fraction of sp³-hybridized carbons (Fsp3) is 0.500. The Morgan fingerprint density at radius 2 is 2.00 bits per heavy atom. The van der Waals surface area contributed by atoms with E-state index in [1.54, 1.807) is 0 Å². The largest absolute Gasteiger partial charge is 0.356 e. The maximum absolute atomic E-state index is 5.91. The van der Waals surface area contributed by atoms with E-state index in [-0.39, 0.29) is 5.28 Å². The van der Waals surface area contributed by atoms with Crippen molar-refractivity contribution in [3.05, 3.63) is 16.5 Å². The highest BCUT2D eigenvalue weighted by Crippen LogP contribution is 2.23. The summed E-state index contributed by atoms with van der Waals surface area (Å²) < 4.78 is 0. The van der Waals surface area contributed by atoms with Gasteiger partial charge in [-0.1, -0.05) is 11.6 Å². The van der Waals surface area contributed by atoms with Gasteiger partial charge in [-0.3, -0.25) is 0 Å². The van der Waals surface area contributed by atoms with Crippen LogP contribution >= 0.6 is 23.2 Å². The summed E-state index contributed by atoms with van der Waals surface area (Å²) in [5.74, 6) is 0.664. The zero-order chi connectivity index (χ0) is 10.0. The molecule has 3 nitrogen and oxygen atoms in total. The van der Waals surface area contributed by atoms with Gasteiger partial charge in [0, 0.05) is 13.1 Å². The summed E-state index contributed by atoms with van der Waals surface area (Å²) in [6, 6.07) is 0.323. The fourth-order valence-corrected chi connectivity index (χ4v) is 1.18. The third-order valence-electron chi connectivity index (χ3n) is 1.80. The van der Waals surface area contributed by atoms with Gasteiger partial charge in [-0.25, -0.2) is 4.98 Å². The Labute approximate surface area is 87.7 Å². The molecular weight excluding hydrogens is 209 g/mol. The van der Waals surface area contributed by atoms with Crippen LogP contribution in [-0.2, 0) is 0 Å². The fourth-order valence-electron chi connectivity index (χ4n) is 0.829. The van der Waals surface area contributed by atoms with E-state index in [9.17, 15) is 0 Å². The summed E-state index contributed by atoms with van der Waals surface area (Å²) in [6.45, 7) is 4.10. The number of rotatable bonds is 2. The average Bonchev–Trinajstić information content (AvgIpc) is 2.08. The number of halogens is 2. The Bertz CT molecular complexity index is 301. The van der Waals surface area contributed by atoms with Gasteiger partial charge in [-0.2, -0.15) is 4.98 Å². The first-order chi connectivity index (χ1) is 6.02. The monoisotopic (exact) mass is 219 g/mol. The standard InChI is InChI=1S/C8H11Cl2N3/c1-5(2)13(3)7-6(9)4-11-8(10)12-7/h4-5H,1-3H3. The Morgan fingerprint density at radius 3 is 2.54 bits per heavy atom. The van der Waals surface area contributed by atoms with Gasteiger partial charge in [0.1, 0.15) is 5.02 Å². The molecule has 1 rings (SSSR count). The quantitative estimate of drug-likeness (QED) is 0.717. The van der Waals surface area contributed by atoms with Crippen LogP contribution in [0, 0.1) is 0 Å². The summed E-state index contributed by atoms with van der Waals surface area (Å²) >= 11 is 11.6. The normalized spacial score (nSPS) is 10.6. The van der Waals surface area contributed by atoms with Gasteiger partial charge < -0.3 is 4.90 Å². The van der Waals surface area contributed by atoms with E-state index in [1.807, 2.05) is 25.8 Å². The minimum absolute atomic E-state index is 0.215. The Morgan fingerprint density at radius 1 is 1.38 bits per heavy atom. The predicted molar refractivity (Wildman–Crippen MR) is 55.6 cm³/mol. The predicted octanol–water partition coefficient (Wildman–Crippen LogP) is 2.63. The van der Waals surface area contributed by atoms with Crippen molar-refractivity contribution in [2.75, 3.05) is 11.9 Å². The highest BCUT2D eigenvalue weighted by Gasteiger charge is 2.11. The van der Waals surface area contributed by atoms with Crippen molar-refractivity contribution in [2.45, 2.75) is 19.9 Å². The molecule has 5 heteroatoms. The average molecular weight is 220 g/mol. The molecule has 13 heavy (non-hydrogen) atoms. The van der Waals surface area contributed by atoms with E-state index in [0.717, 1.165) is 0 Å². The lowest BCUT2D eigenvalue weighted by atomic mass is 10.3. The smallest absolute Gasteiger partial charge is 0.224 e. The number of hydrogen-bond donors (Lipinski definition) is 0. The van der Waals surface area contributed by atoms with Crippen LogP contribution in [0.2, 0.25) is 10.3 Å². The van der Waals surface area contributed by atoms with E-state index in [4.69, 9.17) is 23.2 Å². The zero-order valence-electron chi connectivity index (χ0n) is 7.75. The van der Waals surface area contributed by atoms with Crippen LogP contribution in [0.1, 0.15) is 13.8 Å². The van der Waals surface area contributed by atoms with Crippen molar-refractivity contribution < 1.29 is 0 Å². The van der Waals surface area contributed by atoms with Crippen LogP contribution in [-0.4, -0.2) is 23.1 Å². The Hall–Kier alpha value is -0.540. The number of anilines is 1. The molecule has 0 unspecified atom stereocenters. The third kappa shape index (κ3) is 2.45. The lowest BCUT2D eigenvalue weighted by molar-refractivity contribution is 0.741. The summed E-state index contributed by atoms with van der Waals surface area (Å²) in [6.07, 6.45) is 1.51. The topological polar surface area (TPSA) is 29.0 Å². The highest BCUT2D eigenvalue weighted by molar-refractivity contribution is 6.33. The van der Waals surface area contributed by atoms with Gasteiger partial charge >= 0.3 is 0 Å². The second-order valence-corrected chi connectivity index (χ2v) is 3.76. The number of nitrogens with zero attached hydrogens (tertiary/aromatic N) is 3. The molecular formula is C8H11Cl2N3. The van der Waals surface area contributed by atoms with Crippen LogP contribution in [0.3, 0.4) is 0 Å². The van der Waals surface area contributed by atoms with E-state index < -0.39 is 0 Å². The van der Waals surface area contributed by atoms with Crippen LogP contribution in [0.25, 0.3) is 0 Å². The molecule has 0 saturated carbocycles. The van der Waals surface area contributed by atoms with Gasteiger partial charge in [0.05, 0.1) is 6.20 Å². The first-order valence-electron chi connectivity index (χ1n) is 3.93. The van der Waals surface area contributed by atoms with Gasteiger partial charge in [-0.15, -0.1) is 0 Å². The maximum Gasteiger partial charge on any atom is 0.224 e. The molecule has 1 aromatic heterocycles. The van der Waals surface area contributed by atoms with Crippen molar-refractivity contribution in [3.8, 4) is 0 Å². The van der Waals surface area contributed by atoms with E-state index in [1.165, 1.54) is 6.20 Å². The molecule has 1 aromatic rings. The molecule has 0 spiro atoms. The van der Waals surface area contributed by atoms with Gasteiger partial charge in [-0.05, 0) is 25.4 Å². The third-order valence-corrected chi connectivity index (χ3v) is 2.25. The second-order valence-electron chi connectivity index (χ2n) is 3.02. The van der Waals surface area contributed by atoms with Gasteiger partial charge in [0.2, 0.25) is 5.28 Å². The molecule has 0 aliphatic carbocycles. The number of hydrogen-bond acceptors (Lipinski definition) is 3. The van der Waals surface area contributed by atoms with Gasteiger partial charge in [0.15, 0.2) is 5.82 Å². The van der Waals surface area contributed by atoms with Crippen molar-refractivity contribution in [1.29, 1.82) is 0 Å². The van der Waals surface area contributed by atoms with Crippen LogP contribution in [0.15, 0.2) is 6.20 Å². The lowest BCUT2D eigenvalue weighted by Crippen LogP contribution is -2.26. The summed E-state index contributed by atoms with van der Waals surface area (Å²) in [4.78, 5) is 9.76. The van der Waals surface area contributed by atoms with Crippen LogP contribution < -0.4 is 4.90 Å². The molecule has 0 radical (unpaired) electrons. The molecule has 0 bridgehead atoms. The highest BCUT2D eigenvalue weighted by atomic mass is 35.5. The molecule has 0 aliphatic rings. The molecule has 72 valence electrons. The first kappa shape index (κ1) is 10.5. The minimum atomic E-state index is 0.215. The minimum Gasteiger partial charge on any atom is -0.356 e. The van der Waals surface area contributed by atoms with Crippen molar-refractivity contribution >= 4 is 29.0 Å². The van der Waals surface area contributed by atoms with E-state index in [2.05, 4.69) is 9.97 Å². The Kier molecular flexibility index (Phi) is 3.33. The molecule has 0 N–H and O–H groups in total. The molecule has 0 fully saturated rings. The molecule has 0 saturated heterocycles. The second kappa shape index (κ2) is 4.11. The van der Waals surface area contributed by atoms with Crippen molar-refractivity contribution in [3.63, 3.8) is 0 Å². The van der Waals surface area contributed by atoms with E-state index in [0.29, 0.717) is 16.9 Å². The van der Waals surface area contributed by atoms with Crippen molar-refractivity contribution in [2.24, 2.45) is 0 Å². The van der Waals surface area contributed by atoms with Crippen LogP contribution in [0.5, 0.6) is 0 Å². The molecule has 0 aliphatic heterocycles. The summed E-state index contributed by atoms with van der Waals surface area (Å²) in [7, 11) is 1.91. The maximum atomic E-state index is 5.91. The SMILES string of the molecule is CC(C)N(C)c1nc(Cl)ncc1Cl. The summed E-state index contributed by atoms with van der Waals surface area (Å²) in [5.41, 5.74) is 0. The van der Waals surface area contributed by atoms with E-state index >= 15 is 0 Å². The molecule has 0 atom stereocenters.